The van der Waals surface area contributed by atoms with E-state index in [0.717, 1.165) is 86.2 Å². The van der Waals surface area contributed by atoms with Gasteiger partial charge in [-0.2, -0.15) is 4.98 Å². The standard InChI is InChI=1S/C21H26N6O2/c1-28-16-7-5-15(6-8-16)18-19-20(25-21(24-18)26-11-9-22-10-12-26)27(14-23-19)17-4-2-3-13-29-17/h5-8,14,17,22H,2-4,9-13H2,1H3. The number of benzene rings is 1. The Balaban J connectivity index is 1.64. The molecule has 1 unspecified atom stereocenters. The molecule has 2 aromatic heterocycles. The summed E-state index contributed by atoms with van der Waals surface area (Å²) in [5, 5.41) is 3.39. The molecule has 3 aromatic rings. The third-order valence-electron chi connectivity index (χ3n) is 5.64. The van der Waals surface area contributed by atoms with Crippen LogP contribution in [-0.4, -0.2) is 59.4 Å². The summed E-state index contributed by atoms with van der Waals surface area (Å²) in [6.07, 6.45) is 5.09. The van der Waals surface area contributed by atoms with Crippen LogP contribution in [0.3, 0.4) is 0 Å². The second kappa shape index (κ2) is 7.96. The Morgan fingerprint density at radius 3 is 2.66 bits per heavy atom. The first-order valence-corrected chi connectivity index (χ1v) is 10.3. The van der Waals surface area contributed by atoms with Crippen LogP contribution in [0.15, 0.2) is 30.6 Å². The second-order valence-corrected chi connectivity index (χ2v) is 7.48. The summed E-state index contributed by atoms with van der Waals surface area (Å²) in [5.74, 6) is 1.57. The van der Waals surface area contributed by atoms with Gasteiger partial charge in [0.05, 0.1) is 13.4 Å². The number of rotatable bonds is 4. The molecule has 1 aromatic carbocycles. The molecule has 1 atom stereocenters. The number of hydrogen-bond donors (Lipinski definition) is 1. The molecule has 2 aliphatic heterocycles. The van der Waals surface area contributed by atoms with Gasteiger partial charge in [0.15, 0.2) is 5.65 Å². The van der Waals surface area contributed by atoms with Crippen molar-refractivity contribution in [3.8, 4) is 17.0 Å². The number of piperazine rings is 1. The van der Waals surface area contributed by atoms with E-state index in [1.54, 1.807) is 7.11 Å². The van der Waals surface area contributed by atoms with E-state index < -0.39 is 0 Å². The third kappa shape index (κ3) is 3.54. The van der Waals surface area contributed by atoms with Gasteiger partial charge in [0.1, 0.15) is 23.2 Å². The zero-order valence-corrected chi connectivity index (χ0v) is 16.7. The van der Waals surface area contributed by atoms with Crippen molar-refractivity contribution in [2.45, 2.75) is 25.5 Å². The molecule has 8 heteroatoms. The summed E-state index contributed by atoms with van der Waals surface area (Å²) in [6, 6.07) is 7.96. The maximum Gasteiger partial charge on any atom is 0.228 e. The summed E-state index contributed by atoms with van der Waals surface area (Å²) in [6.45, 7) is 4.43. The molecule has 0 bridgehead atoms. The van der Waals surface area contributed by atoms with Crippen LogP contribution in [0.2, 0.25) is 0 Å². The van der Waals surface area contributed by atoms with E-state index in [-0.39, 0.29) is 6.23 Å². The first-order valence-electron chi connectivity index (χ1n) is 10.3. The van der Waals surface area contributed by atoms with Crippen molar-refractivity contribution in [2.24, 2.45) is 0 Å². The summed E-state index contributed by atoms with van der Waals surface area (Å²) in [4.78, 5) is 16.8. The van der Waals surface area contributed by atoms with Crippen LogP contribution >= 0.6 is 0 Å². The largest absolute Gasteiger partial charge is 0.497 e. The summed E-state index contributed by atoms with van der Waals surface area (Å²) in [5.41, 5.74) is 3.50. The van der Waals surface area contributed by atoms with E-state index in [2.05, 4.69) is 14.8 Å². The fraction of sp³-hybridized carbons (Fsp3) is 0.476. The maximum atomic E-state index is 6.01. The molecule has 4 heterocycles. The molecule has 0 spiro atoms. The predicted octanol–water partition coefficient (Wildman–Crippen LogP) is 2.61. The van der Waals surface area contributed by atoms with E-state index in [1.807, 2.05) is 30.6 Å². The van der Waals surface area contributed by atoms with Crippen LogP contribution in [0.25, 0.3) is 22.4 Å². The Morgan fingerprint density at radius 2 is 1.93 bits per heavy atom. The SMILES string of the molecule is COc1ccc(-c2nc(N3CCNCC3)nc3c2ncn3C2CCCCO2)cc1. The highest BCUT2D eigenvalue weighted by molar-refractivity contribution is 5.88. The van der Waals surface area contributed by atoms with E-state index in [4.69, 9.17) is 24.4 Å². The van der Waals surface area contributed by atoms with Crippen molar-refractivity contribution in [3.05, 3.63) is 30.6 Å². The first-order chi connectivity index (χ1) is 14.3. The van der Waals surface area contributed by atoms with Crippen LogP contribution in [0.5, 0.6) is 5.75 Å². The van der Waals surface area contributed by atoms with Crippen molar-refractivity contribution in [2.75, 3.05) is 44.8 Å². The molecule has 5 rings (SSSR count). The lowest BCUT2D eigenvalue weighted by molar-refractivity contribution is -0.0298. The van der Waals surface area contributed by atoms with Gasteiger partial charge in [-0.3, -0.25) is 4.57 Å². The van der Waals surface area contributed by atoms with Crippen molar-refractivity contribution >= 4 is 17.1 Å². The summed E-state index contributed by atoms with van der Waals surface area (Å²) in [7, 11) is 1.67. The van der Waals surface area contributed by atoms with Gasteiger partial charge in [-0.15, -0.1) is 0 Å². The fourth-order valence-corrected chi connectivity index (χ4v) is 4.02. The zero-order valence-electron chi connectivity index (χ0n) is 16.7. The lowest BCUT2D eigenvalue weighted by atomic mass is 10.1. The molecule has 2 fully saturated rings. The summed E-state index contributed by atoms with van der Waals surface area (Å²) >= 11 is 0. The monoisotopic (exact) mass is 394 g/mol. The second-order valence-electron chi connectivity index (χ2n) is 7.48. The average molecular weight is 394 g/mol. The molecule has 8 nitrogen and oxygen atoms in total. The molecule has 0 radical (unpaired) electrons. The van der Waals surface area contributed by atoms with Gasteiger partial charge in [-0.1, -0.05) is 0 Å². The lowest BCUT2D eigenvalue weighted by Gasteiger charge is -2.28. The van der Waals surface area contributed by atoms with E-state index in [9.17, 15) is 0 Å². The van der Waals surface area contributed by atoms with Gasteiger partial charge in [-0.25, -0.2) is 9.97 Å². The number of imidazole rings is 1. The number of anilines is 1. The van der Waals surface area contributed by atoms with Crippen LogP contribution in [-0.2, 0) is 4.74 Å². The third-order valence-corrected chi connectivity index (χ3v) is 5.64. The molecular formula is C21H26N6O2. The minimum Gasteiger partial charge on any atom is -0.497 e. The fourth-order valence-electron chi connectivity index (χ4n) is 4.02. The highest BCUT2D eigenvalue weighted by Crippen LogP contribution is 2.32. The van der Waals surface area contributed by atoms with E-state index in [1.165, 1.54) is 0 Å². The van der Waals surface area contributed by atoms with E-state index >= 15 is 0 Å². The minimum absolute atomic E-state index is 0.0109. The van der Waals surface area contributed by atoms with E-state index in [0.29, 0.717) is 0 Å². The van der Waals surface area contributed by atoms with Gasteiger partial charge in [-0.05, 0) is 43.5 Å². The number of hydrogen-bond acceptors (Lipinski definition) is 7. The topological polar surface area (TPSA) is 77.3 Å². The number of ether oxygens (including phenoxy) is 2. The zero-order chi connectivity index (χ0) is 19.6. The molecule has 29 heavy (non-hydrogen) atoms. The predicted molar refractivity (Wildman–Crippen MR) is 111 cm³/mol. The molecule has 1 N–H and O–H groups in total. The number of aromatic nitrogens is 4. The Hall–Kier alpha value is -2.71. The highest BCUT2D eigenvalue weighted by Gasteiger charge is 2.23. The molecule has 152 valence electrons. The van der Waals surface area contributed by atoms with Gasteiger partial charge in [0, 0.05) is 38.3 Å². The van der Waals surface area contributed by atoms with Crippen LogP contribution in [0, 0.1) is 0 Å². The van der Waals surface area contributed by atoms with Gasteiger partial charge in [0.2, 0.25) is 5.95 Å². The Morgan fingerprint density at radius 1 is 1.10 bits per heavy atom. The Bertz CT molecular complexity index is 975. The van der Waals surface area contributed by atoms with Crippen molar-refractivity contribution in [1.29, 1.82) is 0 Å². The quantitative estimate of drug-likeness (QED) is 0.729. The van der Waals surface area contributed by atoms with Crippen molar-refractivity contribution < 1.29 is 9.47 Å². The van der Waals surface area contributed by atoms with Gasteiger partial charge >= 0.3 is 0 Å². The van der Waals surface area contributed by atoms with Crippen LogP contribution in [0.1, 0.15) is 25.5 Å². The lowest BCUT2D eigenvalue weighted by Crippen LogP contribution is -2.44. The Kier molecular flexibility index (Phi) is 5.03. The average Bonchev–Trinajstić information content (AvgIpc) is 3.24. The molecule has 0 saturated carbocycles. The summed E-state index contributed by atoms with van der Waals surface area (Å²) < 4.78 is 13.4. The first kappa shape index (κ1) is 18.3. The van der Waals surface area contributed by atoms with Gasteiger partial charge in [0.25, 0.3) is 0 Å². The van der Waals surface area contributed by atoms with Crippen LogP contribution in [0.4, 0.5) is 5.95 Å². The molecule has 0 aliphatic carbocycles. The maximum absolute atomic E-state index is 6.01. The molecule has 2 aliphatic rings. The van der Waals surface area contributed by atoms with Crippen molar-refractivity contribution in [3.63, 3.8) is 0 Å². The molecule has 0 amide bonds. The Labute approximate surface area is 169 Å². The normalized spacial score (nSPS) is 20.2. The smallest absolute Gasteiger partial charge is 0.228 e. The van der Waals surface area contributed by atoms with Crippen LogP contribution < -0.4 is 15.0 Å². The number of nitrogens with one attached hydrogen (secondary N) is 1. The molecular weight excluding hydrogens is 368 g/mol. The number of methoxy groups -OCH3 is 1. The number of fused-ring (bicyclic) bond motifs is 1. The highest BCUT2D eigenvalue weighted by atomic mass is 16.5. The molecule has 2 saturated heterocycles. The van der Waals surface area contributed by atoms with Gasteiger partial charge < -0.3 is 19.7 Å². The number of nitrogens with zero attached hydrogens (tertiary/aromatic N) is 5. The van der Waals surface area contributed by atoms with Crippen molar-refractivity contribution in [1.82, 2.24) is 24.8 Å². The minimum atomic E-state index is -0.0109.